The van der Waals surface area contributed by atoms with E-state index in [0.717, 1.165) is 27.7 Å². The molecule has 0 saturated carbocycles. The van der Waals surface area contributed by atoms with Crippen molar-refractivity contribution in [1.82, 2.24) is 5.43 Å². The average molecular weight is 299 g/mol. The van der Waals surface area contributed by atoms with Crippen LogP contribution in [0.15, 0.2) is 58.6 Å². The second-order valence-electron chi connectivity index (χ2n) is 4.67. The smallest absolute Gasteiger partial charge is 0.182 e. The average Bonchev–Trinajstić information content (AvgIpc) is 2.51. The van der Waals surface area contributed by atoms with Gasteiger partial charge in [-0.15, -0.1) is 0 Å². The number of para-hydroxylation sites is 1. The van der Waals surface area contributed by atoms with Gasteiger partial charge in [-0.2, -0.15) is 5.10 Å². The third-order valence-electron chi connectivity index (χ3n) is 3.15. The summed E-state index contributed by atoms with van der Waals surface area (Å²) in [5, 5.41) is 5.10. The number of aryl methyl sites for hydroxylation is 1. The van der Waals surface area contributed by atoms with Gasteiger partial charge in [0.05, 0.1) is 11.4 Å². The SMILES string of the molecule is Cc1ccccc1N=C1NN=C(c2ccc(F)cc2)CS1. The summed E-state index contributed by atoms with van der Waals surface area (Å²) in [5.74, 6) is 0.473. The zero-order chi connectivity index (χ0) is 14.7. The molecule has 2 aromatic rings. The first kappa shape index (κ1) is 13.8. The van der Waals surface area contributed by atoms with Crippen LogP contribution in [0, 0.1) is 12.7 Å². The van der Waals surface area contributed by atoms with Gasteiger partial charge < -0.3 is 0 Å². The summed E-state index contributed by atoms with van der Waals surface area (Å²) in [4.78, 5) is 4.56. The first-order valence-electron chi connectivity index (χ1n) is 6.58. The Morgan fingerprint density at radius 3 is 2.57 bits per heavy atom. The molecule has 0 unspecified atom stereocenters. The lowest BCUT2D eigenvalue weighted by atomic mass is 10.1. The van der Waals surface area contributed by atoms with E-state index in [4.69, 9.17) is 0 Å². The largest absolute Gasteiger partial charge is 0.255 e. The number of hydrogen-bond acceptors (Lipinski definition) is 3. The van der Waals surface area contributed by atoms with Crippen molar-refractivity contribution in [2.75, 3.05) is 5.75 Å². The van der Waals surface area contributed by atoms with Gasteiger partial charge in [-0.1, -0.05) is 42.1 Å². The lowest BCUT2D eigenvalue weighted by molar-refractivity contribution is 0.628. The minimum atomic E-state index is -0.238. The Balaban J connectivity index is 1.77. The van der Waals surface area contributed by atoms with Crippen LogP contribution in [0.5, 0.6) is 0 Å². The van der Waals surface area contributed by atoms with Crippen LogP contribution in [0.2, 0.25) is 0 Å². The molecule has 0 aromatic heterocycles. The molecule has 0 saturated heterocycles. The van der Waals surface area contributed by atoms with Gasteiger partial charge in [0.1, 0.15) is 5.82 Å². The number of nitrogens with one attached hydrogen (secondary N) is 1. The highest BCUT2D eigenvalue weighted by Crippen LogP contribution is 2.21. The monoisotopic (exact) mass is 299 g/mol. The highest BCUT2D eigenvalue weighted by atomic mass is 32.2. The Bertz CT molecular complexity index is 708. The molecule has 5 heteroatoms. The maximum Gasteiger partial charge on any atom is 0.182 e. The quantitative estimate of drug-likeness (QED) is 0.914. The number of hydrogen-bond donors (Lipinski definition) is 1. The van der Waals surface area contributed by atoms with Gasteiger partial charge in [-0.05, 0) is 36.2 Å². The molecular formula is C16H14FN3S. The van der Waals surface area contributed by atoms with E-state index in [-0.39, 0.29) is 5.82 Å². The van der Waals surface area contributed by atoms with Crippen LogP contribution in [0.3, 0.4) is 0 Å². The standard InChI is InChI=1S/C16H14FN3S/c1-11-4-2-3-5-14(11)18-16-20-19-15(10-21-16)12-6-8-13(17)9-7-12/h2-9H,10H2,1H3,(H,18,20). The minimum absolute atomic E-state index is 0.238. The number of benzene rings is 2. The molecule has 3 rings (SSSR count). The summed E-state index contributed by atoms with van der Waals surface area (Å²) >= 11 is 1.59. The lowest BCUT2D eigenvalue weighted by Gasteiger charge is -2.15. The third kappa shape index (κ3) is 3.31. The number of nitrogens with zero attached hydrogens (tertiary/aromatic N) is 2. The van der Waals surface area contributed by atoms with Gasteiger partial charge in [0.25, 0.3) is 0 Å². The number of halogens is 1. The predicted octanol–water partition coefficient (Wildman–Crippen LogP) is 3.86. The molecule has 2 aromatic carbocycles. The molecule has 1 aliphatic rings. The van der Waals surface area contributed by atoms with E-state index >= 15 is 0 Å². The van der Waals surface area contributed by atoms with Gasteiger partial charge >= 0.3 is 0 Å². The Kier molecular flexibility index (Phi) is 4.01. The minimum Gasteiger partial charge on any atom is -0.255 e. The van der Waals surface area contributed by atoms with E-state index in [0.29, 0.717) is 5.75 Å². The van der Waals surface area contributed by atoms with Crippen LogP contribution in [0.25, 0.3) is 0 Å². The fraction of sp³-hybridized carbons (Fsp3) is 0.125. The Labute approximate surface area is 127 Å². The van der Waals surface area contributed by atoms with Gasteiger partial charge in [0.15, 0.2) is 5.17 Å². The molecular weight excluding hydrogens is 285 g/mol. The second kappa shape index (κ2) is 6.10. The van der Waals surface area contributed by atoms with Gasteiger partial charge in [-0.25, -0.2) is 9.38 Å². The molecule has 0 amide bonds. The normalized spacial score (nSPS) is 16.5. The molecule has 0 radical (unpaired) electrons. The molecule has 21 heavy (non-hydrogen) atoms. The third-order valence-corrected chi connectivity index (χ3v) is 4.02. The lowest BCUT2D eigenvalue weighted by Crippen LogP contribution is -2.25. The molecule has 1 aliphatic heterocycles. The molecule has 1 N–H and O–H groups in total. The van der Waals surface area contributed by atoms with Crippen molar-refractivity contribution in [3.63, 3.8) is 0 Å². The summed E-state index contributed by atoms with van der Waals surface area (Å²) in [6, 6.07) is 14.3. The predicted molar refractivity (Wildman–Crippen MR) is 86.8 cm³/mol. The van der Waals surface area contributed by atoms with Crippen LogP contribution in [0.1, 0.15) is 11.1 Å². The van der Waals surface area contributed by atoms with Crippen LogP contribution in [0.4, 0.5) is 10.1 Å². The Hall–Kier alpha value is -2.14. The maximum absolute atomic E-state index is 12.9. The first-order valence-corrected chi connectivity index (χ1v) is 7.56. The maximum atomic E-state index is 12.9. The van der Waals surface area contributed by atoms with E-state index < -0.39 is 0 Å². The fourth-order valence-electron chi connectivity index (χ4n) is 1.96. The van der Waals surface area contributed by atoms with Crippen molar-refractivity contribution < 1.29 is 4.39 Å². The molecule has 106 valence electrons. The summed E-state index contributed by atoms with van der Waals surface area (Å²) in [6.07, 6.45) is 0. The van der Waals surface area contributed by atoms with E-state index in [1.165, 1.54) is 12.1 Å². The zero-order valence-electron chi connectivity index (χ0n) is 11.5. The van der Waals surface area contributed by atoms with Crippen LogP contribution < -0.4 is 5.43 Å². The Morgan fingerprint density at radius 1 is 1.14 bits per heavy atom. The number of hydrazone groups is 1. The molecule has 0 bridgehead atoms. The summed E-state index contributed by atoms with van der Waals surface area (Å²) < 4.78 is 12.9. The van der Waals surface area contributed by atoms with E-state index in [9.17, 15) is 4.39 Å². The van der Waals surface area contributed by atoms with Crippen molar-refractivity contribution in [3.8, 4) is 0 Å². The van der Waals surface area contributed by atoms with E-state index in [1.54, 1.807) is 23.9 Å². The van der Waals surface area contributed by atoms with Gasteiger partial charge in [0.2, 0.25) is 0 Å². The number of aliphatic imine (C=N–C) groups is 1. The van der Waals surface area contributed by atoms with Crippen molar-refractivity contribution >= 4 is 28.3 Å². The van der Waals surface area contributed by atoms with Crippen molar-refractivity contribution in [3.05, 3.63) is 65.5 Å². The highest BCUT2D eigenvalue weighted by molar-refractivity contribution is 8.14. The molecule has 0 atom stereocenters. The van der Waals surface area contributed by atoms with Crippen molar-refractivity contribution in [2.24, 2.45) is 10.1 Å². The number of rotatable bonds is 2. The van der Waals surface area contributed by atoms with Crippen LogP contribution in [-0.2, 0) is 0 Å². The van der Waals surface area contributed by atoms with Gasteiger partial charge in [-0.3, -0.25) is 5.43 Å². The van der Waals surface area contributed by atoms with E-state index in [2.05, 4.69) is 15.5 Å². The fourth-order valence-corrected chi connectivity index (χ4v) is 2.74. The highest BCUT2D eigenvalue weighted by Gasteiger charge is 2.13. The zero-order valence-corrected chi connectivity index (χ0v) is 12.3. The molecule has 3 nitrogen and oxygen atoms in total. The molecule has 1 heterocycles. The summed E-state index contributed by atoms with van der Waals surface area (Å²) in [7, 11) is 0. The first-order chi connectivity index (χ1) is 10.2. The summed E-state index contributed by atoms with van der Waals surface area (Å²) in [5.41, 5.74) is 6.84. The van der Waals surface area contributed by atoms with Crippen molar-refractivity contribution in [2.45, 2.75) is 6.92 Å². The van der Waals surface area contributed by atoms with Crippen LogP contribution in [-0.4, -0.2) is 16.6 Å². The molecule has 0 aliphatic carbocycles. The topological polar surface area (TPSA) is 36.8 Å². The molecule has 0 spiro atoms. The summed E-state index contributed by atoms with van der Waals surface area (Å²) in [6.45, 7) is 2.03. The van der Waals surface area contributed by atoms with Crippen LogP contribution >= 0.6 is 11.8 Å². The van der Waals surface area contributed by atoms with Gasteiger partial charge in [0, 0.05) is 5.75 Å². The second-order valence-corrected chi connectivity index (χ2v) is 5.63. The van der Waals surface area contributed by atoms with E-state index in [1.807, 2.05) is 31.2 Å². The number of thioether (sulfide) groups is 1. The number of amidine groups is 1. The van der Waals surface area contributed by atoms with Crippen molar-refractivity contribution in [1.29, 1.82) is 0 Å². The molecule has 0 fully saturated rings. The Morgan fingerprint density at radius 2 is 1.90 bits per heavy atom.